The minimum atomic E-state index is -0.566. The van der Waals surface area contributed by atoms with Crippen LogP contribution in [0.2, 0.25) is 0 Å². The van der Waals surface area contributed by atoms with Crippen molar-refractivity contribution in [1.29, 1.82) is 5.26 Å². The molecule has 0 radical (unpaired) electrons. The minimum absolute atomic E-state index is 0.0531. The highest BCUT2D eigenvalue weighted by Crippen LogP contribution is 2.47. The summed E-state index contributed by atoms with van der Waals surface area (Å²) in [4.78, 5) is 31.2. The maximum absolute atomic E-state index is 12.8. The molecule has 2 aliphatic carbocycles. The Balaban J connectivity index is 1.42. The fourth-order valence-corrected chi connectivity index (χ4v) is 4.32. The van der Waals surface area contributed by atoms with Crippen molar-refractivity contribution in [3.8, 4) is 11.8 Å². The third-order valence-electron chi connectivity index (χ3n) is 6.15. The first-order valence-electron chi connectivity index (χ1n) is 10.1. The lowest BCUT2D eigenvalue weighted by molar-refractivity contribution is -0.131. The van der Waals surface area contributed by atoms with Crippen LogP contribution in [0.3, 0.4) is 0 Å². The van der Waals surface area contributed by atoms with Crippen LogP contribution in [0.1, 0.15) is 41.7 Å². The largest absolute Gasteiger partial charge is 0.493 e. The van der Waals surface area contributed by atoms with Crippen molar-refractivity contribution in [2.75, 3.05) is 6.61 Å². The summed E-state index contributed by atoms with van der Waals surface area (Å²) in [5.41, 5.74) is 7.03. The summed E-state index contributed by atoms with van der Waals surface area (Å²) in [6.45, 7) is 0.676. The van der Waals surface area contributed by atoms with Gasteiger partial charge in [-0.1, -0.05) is 0 Å². The number of rotatable bonds is 6. The molecule has 3 fully saturated rings. The van der Waals surface area contributed by atoms with Crippen LogP contribution in [0.15, 0.2) is 24.3 Å². The van der Waals surface area contributed by atoms with E-state index in [0.717, 1.165) is 12.8 Å². The molecule has 7 heteroatoms. The molecule has 1 saturated heterocycles. The van der Waals surface area contributed by atoms with Crippen LogP contribution in [0.4, 0.5) is 0 Å². The van der Waals surface area contributed by atoms with E-state index in [-0.39, 0.29) is 24.4 Å². The number of likely N-dealkylation sites (tertiary alicyclic amines) is 1. The third-order valence-corrected chi connectivity index (χ3v) is 6.15. The predicted octanol–water partition coefficient (Wildman–Crippen LogP) is 2.18. The molecule has 148 valence electrons. The van der Waals surface area contributed by atoms with Crippen molar-refractivity contribution in [3.05, 3.63) is 35.5 Å². The number of piperidine rings is 1. The number of carbonyl (C=O) groups excluding carboxylic acids is 2. The molecule has 7 nitrogen and oxygen atoms in total. The second-order valence-corrected chi connectivity index (χ2v) is 8.38. The van der Waals surface area contributed by atoms with Crippen molar-refractivity contribution in [3.63, 3.8) is 0 Å². The molecule has 2 amide bonds. The van der Waals surface area contributed by atoms with Crippen molar-refractivity contribution in [1.82, 2.24) is 9.88 Å². The van der Waals surface area contributed by atoms with Crippen LogP contribution in [0, 0.1) is 23.2 Å². The fraction of sp³-hybridized carbons (Fsp3) is 0.455. The molecule has 2 heterocycles. The van der Waals surface area contributed by atoms with E-state index in [4.69, 9.17) is 10.5 Å². The Hall–Kier alpha value is -3.14. The average molecular weight is 390 g/mol. The number of fused-ring (bicyclic) bond motifs is 2. The Morgan fingerprint density at radius 1 is 1.28 bits per heavy atom. The zero-order valence-corrected chi connectivity index (χ0v) is 16.0. The van der Waals surface area contributed by atoms with E-state index >= 15 is 0 Å². The number of carbonyl (C=O) groups is 2. The van der Waals surface area contributed by atoms with Gasteiger partial charge in [0.05, 0.1) is 35.9 Å². The molecule has 5 rings (SSSR count). The van der Waals surface area contributed by atoms with Crippen LogP contribution in [-0.2, 0) is 11.2 Å². The van der Waals surface area contributed by atoms with Crippen molar-refractivity contribution < 1.29 is 14.3 Å². The number of hydrogen-bond acceptors (Lipinski definition) is 5. The number of hydrogen-bond donors (Lipinski definition) is 1. The zero-order chi connectivity index (χ0) is 20.1. The van der Waals surface area contributed by atoms with E-state index in [2.05, 4.69) is 11.1 Å². The molecule has 1 aromatic heterocycles. The SMILES string of the molecule is N#C[C@@H]1C[C@@H]2C[C@@H]2N1C(=O)Cc1cc(C(N)=O)c2cc(OCC3CC3)ccc2n1. The number of aromatic nitrogens is 1. The number of nitrogens with zero attached hydrogens (tertiary/aromatic N) is 3. The second-order valence-electron chi connectivity index (χ2n) is 8.38. The Labute approximate surface area is 168 Å². The van der Waals surface area contributed by atoms with Crippen LogP contribution in [0.5, 0.6) is 5.75 Å². The molecule has 0 spiro atoms. The fourth-order valence-electron chi connectivity index (χ4n) is 4.32. The van der Waals surface area contributed by atoms with Crippen LogP contribution in [-0.4, -0.2) is 40.4 Å². The van der Waals surface area contributed by atoms with Gasteiger partial charge in [0.1, 0.15) is 11.8 Å². The van der Waals surface area contributed by atoms with Gasteiger partial charge in [0.25, 0.3) is 0 Å². The first-order chi connectivity index (χ1) is 14.0. The summed E-state index contributed by atoms with van der Waals surface area (Å²) in [5, 5.41) is 9.95. The molecule has 0 bridgehead atoms. The molecular weight excluding hydrogens is 368 g/mol. The Morgan fingerprint density at radius 2 is 2.10 bits per heavy atom. The lowest BCUT2D eigenvalue weighted by Gasteiger charge is -2.22. The number of nitrogens with two attached hydrogens (primary N) is 1. The lowest BCUT2D eigenvalue weighted by Crippen LogP contribution is -2.38. The summed E-state index contributed by atoms with van der Waals surface area (Å²) in [5.74, 6) is 1.09. The maximum atomic E-state index is 12.8. The summed E-state index contributed by atoms with van der Waals surface area (Å²) in [7, 11) is 0. The van der Waals surface area contributed by atoms with Gasteiger partial charge in [-0.3, -0.25) is 14.6 Å². The molecular formula is C22H22N4O3. The second kappa shape index (κ2) is 6.73. The van der Waals surface area contributed by atoms with Gasteiger partial charge in [-0.25, -0.2) is 0 Å². The maximum Gasteiger partial charge on any atom is 0.249 e. The molecule has 1 aromatic carbocycles. The highest BCUT2D eigenvalue weighted by molar-refractivity contribution is 6.06. The predicted molar refractivity (Wildman–Crippen MR) is 105 cm³/mol. The Bertz CT molecular complexity index is 1060. The van der Waals surface area contributed by atoms with E-state index in [1.165, 1.54) is 12.8 Å². The van der Waals surface area contributed by atoms with E-state index in [1.54, 1.807) is 23.1 Å². The molecule has 2 saturated carbocycles. The van der Waals surface area contributed by atoms with Crippen molar-refractivity contribution >= 4 is 22.7 Å². The minimum Gasteiger partial charge on any atom is -0.493 e. The molecule has 0 unspecified atom stereocenters. The lowest BCUT2D eigenvalue weighted by atomic mass is 10.0. The molecule has 29 heavy (non-hydrogen) atoms. The molecule has 2 aromatic rings. The van der Waals surface area contributed by atoms with E-state index in [0.29, 0.717) is 46.4 Å². The number of pyridine rings is 1. The number of amides is 2. The normalized spacial score (nSPS) is 24.8. The summed E-state index contributed by atoms with van der Waals surface area (Å²) in [6, 6.07) is 9.07. The van der Waals surface area contributed by atoms with Gasteiger partial charge >= 0.3 is 0 Å². The summed E-state index contributed by atoms with van der Waals surface area (Å²) in [6.07, 6.45) is 4.19. The molecule has 3 atom stereocenters. The van der Waals surface area contributed by atoms with Gasteiger partial charge in [0.15, 0.2) is 0 Å². The standard InChI is InChI=1S/C22H22N4O3/c23-10-15-5-13-6-20(13)26(15)21(27)8-14-7-18(22(24)28)17-9-16(3-4-19(17)25-14)29-11-12-1-2-12/h3-4,7,9,12-13,15,20H,1-2,5-6,8,11H2,(H2,24,28)/t13-,15+,20+/m1/s1. The first-order valence-corrected chi connectivity index (χ1v) is 10.1. The van der Waals surface area contributed by atoms with Crippen LogP contribution >= 0.6 is 0 Å². The first kappa shape index (κ1) is 17.9. The van der Waals surface area contributed by atoms with Gasteiger partial charge < -0.3 is 15.4 Å². The topological polar surface area (TPSA) is 109 Å². The number of nitriles is 1. The van der Waals surface area contributed by atoms with Crippen LogP contribution < -0.4 is 10.5 Å². The van der Waals surface area contributed by atoms with Gasteiger partial charge in [-0.2, -0.15) is 5.26 Å². The highest BCUT2D eigenvalue weighted by atomic mass is 16.5. The molecule has 1 aliphatic heterocycles. The third kappa shape index (κ3) is 3.39. The van der Waals surface area contributed by atoms with Gasteiger partial charge in [0.2, 0.25) is 11.8 Å². The van der Waals surface area contributed by atoms with Crippen LogP contribution in [0.25, 0.3) is 10.9 Å². The van der Waals surface area contributed by atoms with E-state index in [1.807, 2.05) is 6.07 Å². The highest BCUT2D eigenvalue weighted by Gasteiger charge is 2.53. The van der Waals surface area contributed by atoms with Crippen molar-refractivity contribution in [2.24, 2.45) is 17.6 Å². The van der Waals surface area contributed by atoms with Gasteiger partial charge in [0, 0.05) is 11.4 Å². The average Bonchev–Trinajstić information content (AvgIpc) is 3.64. The number of primary amides is 1. The van der Waals surface area contributed by atoms with Gasteiger partial charge in [-0.15, -0.1) is 0 Å². The zero-order valence-electron chi connectivity index (χ0n) is 16.0. The smallest absolute Gasteiger partial charge is 0.249 e. The number of ether oxygens (including phenoxy) is 1. The Kier molecular flexibility index (Phi) is 4.16. The van der Waals surface area contributed by atoms with E-state index < -0.39 is 5.91 Å². The summed E-state index contributed by atoms with van der Waals surface area (Å²) < 4.78 is 5.80. The van der Waals surface area contributed by atoms with E-state index in [9.17, 15) is 14.9 Å². The Morgan fingerprint density at radius 3 is 2.83 bits per heavy atom. The molecule has 2 N–H and O–H groups in total. The van der Waals surface area contributed by atoms with Gasteiger partial charge in [-0.05, 0) is 61.8 Å². The monoisotopic (exact) mass is 390 g/mol. The van der Waals surface area contributed by atoms with Crippen molar-refractivity contribution in [2.45, 2.75) is 44.2 Å². The summed E-state index contributed by atoms with van der Waals surface area (Å²) >= 11 is 0. The number of benzene rings is 1. The molecule has 3 aliphatic rings. The quantitative estimate of drug-likeness (QED) is 0.813.